The Bertz CT molecular complexity index is 3220. The fraction of sp³-hybridized carbons (Fsp3) is 0. The number of benzene rings is 8. The lowest BCUT2D eigenvalue weighted by Crippen LogP contribution is -1.93. The van der Waals surface area contributed by atoms with Gasteiger partial charge in [0.2, 0.25) is 0 Å². The summed E-state index contributed by atoms with van der Waals surface area (Å²) >= 11 is 0. The van der Waals surface area contributed by atoms with Gasteiger partial charge < -0.3 is 4.42 Å². The molecule has 0 saturated carbocycles. The second kappa shape index (κ2) is 10.4. The van der Waals surface area contributed by atoms with E-state index in [9.17, 15) is 1.37 Å². The molecule has 210 valence electrons. The van der Waals surface area contributed by atoms with Crippen LogP contribution in [0.4, 0.5) is 0 Å². The van der Waals surface area contributed by atoms with E-state index in [1.165, 1.54) is 0 Å². The van der Waals surface area contributed by atoms with Crippen molar-refractivity contribution in [3.63, 3.8) is 0 Å². The van der Waals surface area contributed by atoms with Crippen LogP contribution >= 0.6 is 0 Å². The van der Waals surface area contributed by atoms with Crippen LogP contribution in [-0.2, 0) is 0 Å². The Morgan fingerprint density at radius 3 is 1.58 bits per heavy atom. The first-order valence-electron chi connectivity index (χ1n) is 21.3. The first kappa shape index (κ1) is 15.2. The molecule has 0 atom stereocenters. The van der Waals surface area contributed by atoms with E-state index < -0.39 is 72.5 Å². The lowest BCUT2D eigenvalue weighted by molar-refractivity contribution is 0.669. The maximum absolute atomic E-state index is 9.34. The molecular formula is C44H28O. The van der Waals surface area contributed by atoms with Crippen LogP contribution in [0.5, 0.6) is 0 Å². The predicted molar refractivity (Wildman–Crippen MR) is 190 cm³/mol. The van der Waals surface area contributed by atoms with E-state index in [0.29, 0.717) is 54.6 Å². The predicted octanol–water partition coefficient (Wildman–Crippen LogP) is 12.6. The van der Waals surface area contributed by atoms with Gasteiger partial charge in [0.05, 0.1) is 19.2 Å². The summed E-state index contributed by atoms with van der Waals surface area (Å²) in [5, 5.41) is 3.77. The van der Waals surface area contributed by atoms with Crippen LogP contribution in [0.2, 0.25) is 0 Å². The van der Waals surface area contributed by atoms with E-state index in [0.717, 1.165) is 11.1 Å². The van der Waals surface area contributed by atoms with Crippen molar-refractivity contribution in [3.8, 4) is 44.5 Å². The molecule has 0 radical (unpaired) electrons. The van der Waals surface area contributed by atoms with Gasteiger partial charge in [-0.1, -0.05) is 151 Å². The summed E-state index contributed by atoms with van der Waals surface area (Å²) in [7, 11) is 0. The van der Waals surface area contributed by atoms with Gasteiger partial charge in [0.1, 0.15) is 11.2 Å². The molecule has 0 aliphatic heterocycles. The fourth-order valence-corrected chi connectivity index (χ4v) is 6.34. The summed E-state index contributed by atoms with van der Waals surface area (Å²) < 4.78 is 127. The van der Waals surface area contributed by atoms with Crippen LogP contribution in [0.3, 0.4) is 0 Å². The number of rotatable bonds is 4. The maximum atomic E-state index is 9.34. The highest BCUT2D eigenvalue weighted by Crippen LogP contribution is 2.48. The van der Waals surface area contributed by atoms with Gasteiger partial charge >= 0.3 is 0 Å². The van der Waals surface area contributed by atoms with Gasteiger partial charge in [0, 0.05) is 10.8 Å². The van der Waals surface area contributed by atoms with Gasteiger partial charge in [-0.2, -0.15) is 0 Å². The van der Waals surface area contributed by atoms with E-state index in [1.807, 2.05) is 54.6 Å². The van der Waals surface area contributed by atoms with Crippen LogP contribution in [0.25, 0.3) is 88.0 Å². The van der Waals surface area contributed by atoms with Crippen molar-refractivity contribution >= 4 is 43.5 Å². The molecule has 0 N–H and O–H groups in total. The smallest absolute Gasteiger partial charge is 0.136 e. The molecule has 0 unspecified atom stereocenters. The Morgan fingerprint density at radius 1 is 0.378 bits per heavy atom. The molecular weight excluding hydrogens is 544 g/mol. The van der Waals surface area contributed by atoms with Gasteiger partial charge in [-0.25, -0.2) is 0 Å². The standard InChI is InChI=1S/C44H28O/c1-3-14-29(15-4-1)31-26-27-40-39(28-31)44-38(24-13-25-41(44)45-40)43-36-22-11-9-20-34(36)42(35-21-10-12-23-37(35)43)33-19-8-7-18-32(33)30-16-5-2-6-17-30/h1-28H/i1D,2D,3D,4D,5D,6D,7D,8D,14D,15D,16D,17D,18D,19D. The average molecular weight is 587 g/mol. The first-order chi connectivity index (χ1) is 28.1. The number of furan rings is 1. The van der Waals surface area contributed by atoms with Crippen LogP contribution < -0.4 is 0 Å². The number of hydrogen-bond donors (Lipinski definition) is 0. The lowest BCUT2D eigenvalue weighted by Gasteiger charge is -2.20. The summed E-state index contributed by atoms with van der Waals surface area (Å²) in [6, 6.07) is 18.0. The van der Waals surface area contributed by atoms with Crippen molar-refractivity contribution in [2.45, 2.75) is 0 Å². The van der Waals surface area contributed by atoms with Gasteiger partial charge in [-0.05, 0) is 84.3 Å². The van der Waals surface area contributed by atoms with Gasteiger partial charge in [-0.15, -0.1) is 0 Å². The third-order valence-electron chi connectivity index (χ3n) is 8.17. The minimum atomic E-state index is -0.639. The fourth-order valence-electron chi connectivity index (χ4n) is 6.34. The third-order valence-corrected chi connectivity index (χ3v) is 8.17. The Balaban J connectivity index is 1.42. The Kier molecular flexibility index (Phi) is 3.50. The second-order valence-corrected chi connectivity index (χ2v) is 10.6. The highest BCUT2D eigenvalue weighted by Gasteiger charge is 2.21. The second-order valence-electron chi connectivity index (χ2n) is 10.6. The molecule has 1 heterocycles. The van der Waals surface area contributed by atoms with Crippen molar-refractivity contribution in [2.24, 2.45) is 0 Å². The Labute approximate surface area is 281 Å². The maximum Gasteiger partial charge on any atom is 0.136 e. The van der Waals surface area contributed by atoms with E-state index in [2.05, 4.69) is 0 Å². The molecule has 0 aliphatic rings. The summed E-state index contributed by atoms with van der Waals surface area (Å²) in [6.45, 7) is 0. The lowest BCUT2D eigenvalue weighted by atomic mass is 9.83. The van der Waals surface area contributed by atoms with Crippen LogP contribution in [-0.4, -0.2) is 0 Å². The molecule has 1 aromatic heterocycles. The van der Waals surface area contributed by atoms with Crippen molar-refractivity contribution in [1.29, 1.82) is 0 Å². The monoisotopic (exact) mass is 586 g/mol. The molecule has 45 heavy (non-hydrogen) atoms. The van der Waals surface area contributed by atoms with Gasteiger partial charge in [0.25, 0.3) is 0 Å². The summed E-state index contributed by atoms with van der Waals surface area (Å²) in [5.41, 5.74) is 2.71. The molecule has 0 fully saturated rings. The minimum absolute atomic E-state index is 0.0243. The molecule has 0 bridgehead atoms. The van der Waals surface area contributed by atoms with E-state index in [1.54, 1.807) is 30.3 Å². The van der Waals surface area contributed by atoms with E-state index in [-0.39, 0.29) is 34.3 Å². The van der Waals surface area contributed by atoms with Crippen LogP contribution in [0.1, 0.15) is 19.2 Å². The molecule has 8 aromatic carbocycles. The summed E-state index contributed by atoms with van der Waals surface area (Å²) in [5.74, 6) is 0. The van der Waals surface area contributed by atoms with Crippen molar-refractivity contribution in [3.05, 3.63) is 170 Å². The minimum Gasteiger partial charge on any atom is -0.456 e. The molecule has 0 spiro atoms. The van der Waals surface area contributed by atoms with Crippen molar-refractivity contribution in [2.75, 3.05) is 0 Å². The zero-order valence-electron chi connectivity index (χ0n) is 37.5. The summed E-state index contributed by atoms with van der Waals surface area (Å²) in [6.07, 6.45) is 0. The van der Waals surface area contributed by atoms with Crippen molar-refractivity contribution in [1.82, 2.24) is 0 Å². The highest BCUT2D eigenvalue weighted by molar-refractivity contribution is 6.26. The van der Waals surface area contributed by atoms with Crippen molar-refractivity contribution < 1.29 is 23.6 Å². The first-order valence-corrected chi connectivity index (χ1v) is 14.3. The van der Waals surface area contributed by atoms with Crippen LogP contribution in [0.15, 0.2) is 174 Å². The number of fused-ring (bicyclic) bond motifs is 5. The average Bonchev–Trinajstić information content (AvgIpc) is 3.62. The highest BCUT2D eigenvalue weighted by atomic mass is 16.3. The molecule has 1 nitrogen and oxygen atoms in total. The summed E-state index contributed by atoms with van der Waals surface area (Å²) in [4.78, 5) is 0. The zero-order chi connectivity index (χ0) is 41.9. The third kappa shape index (κ3) is 4.09. The van der Waals surface area contributed by atoms with E-state index >= 15 is 0 Å². The van der Waals surface area contributed by atoms with E-state index in [4.69, 9.17) is 22.2 Å². The molecule has 0 aliphatic carbocycles. The number of hydrogen-bond acceptors (Lipinski definition) is 1. The largest absolute Gasteiger partial charge is 0.456 e. The Morgan fingerprint density at radius 2 is 0.933 bits per heavy atom. The normalized spacial score (nSPS) is 15.9. The molecule has 9 rings (SSSR count). The van der Waals surface area contributed by atoms with Gasteiger partial charge in [-0.3, -0.25) is 0 Å². The Hall–Kier alpha value is -5.92. The quantitative estimate of drug-likeness (QED) is 0.187. The topological polar surface area (TPSA) is 13.1 Å². The molecule has 0 amide bonds. The molecule has 1 heteroatoms. The van der Waals surface area contributed by atoms with Crippen LogP contribution in [0, 0.1) is 0 Å². The van der Waals surface area contributed by atoms with Gasteiger partial charge in [0.15, 0.2) is 0 Å². The SMILES string of the molecule is [2H]c1c([2H])c([2H])c(-c2ccc3oc4cccc(-c5c6ccccc6c(-c6c([2H])c([2H])c([2H])c([2H])c6-c6c([2H])c([2H])c([2H])c([2H])c6[2H])c6ccccc56)c4c3c2)c([2H])c1[2H]. The zero-order valence-corrected chi connectivity index (χ0v) is 23.5. The molecule has 9 aromatic rings. The molecule has 0 saturated heterocycles.